The van der Waals surface area contributed by atoms with E-state index in [4.69, 9.17) is 0 Å². The summed E-state index contributed by atoms with van der Waals surface area (Å²) in [7, 11) is 0. The van der Waals surface area contributed by atoms with Crippen molar-refractivity contribution < 1.29 is 5.11 Å². The maximum absolute atomic E-state index is 10.2. The van der Waals surface area contributed by atoms with Crippen LogP contribution in [0.3, 0.4) is 0 Å². The molecule has 126 valence electrons. The molecule has 2 atom stereocenters. The van der Waals surface area contributed by atoms with Crippen LogP contribution in [0.2, 0.25) is 0 Å². The number of benzene rings is 3. The summed E-state index contributed by atoms with van der Waals surface area (Å²) in [5.41, 5.74) is 5.22. The van der Waals surface area contributed by atoms with E-state index in [-0.39, 0.29) is 18.7 Å². The van der Waals surface area contributed by atoms with Crippen molar-refractivity contribution >= 4 is 0 Å². The van der Waals surface area contributed by atoms with Crippen molar-refractivity contribution in [2.45, 2.75) is 18.5 Å². The maximum Gasteiger partial charge on any atom is 0.0628 e. The topological polar surface area (TPSA) is 23.5 Å². The van der Waals surface area contributed by atoms with Crippen LogP contribution in [0.1, 0.15) is 34.3 Å². The molecule has 0 spiro atoms. The first kappa shape index (κ1) is 16.1. The Bertz CT molecular complexity index is 816. The molecular weight excluding hydrogens is 306 g/mol. The molecule has 2 nitrogen and oxygen atoms in total. The lowest BCUT2D eigenvalue weighted by molar-refractivity contribution is 0.0903. The molecule has 3 aromatic carbocycles. The van der Waals surface area contributed by atoms with E-state index >= 15 is 0 Å². The molecule has 0 radical (unpaired) electrons. The van der Waals surface area contributed by atoms with Gasteiger partial charge in [-0.25, -0.2) is 0 Å². The minimum absolute atomic E-state index is 0.000220. The lowest BCUT2D eigenvalue weighted by Gasteiger charge is -2.42. The molecule has 1 aliphatic heterocycles. The van der Waals surface area contributed by atoms with Gasteiger partial charge in [0.1, 0.15) is 0 Å². The summed E-state index contributed by atoms with van der Waals surface area (Å²) in [6, 6.07) is 29.9. The van der Waals surface area contributed by atoms with Crippen molar-refractivity contribution in [2.75, 3.05) is 13.2 Å². The normalized spacial score (nSPS) is 18.5. The third kappa shape index (κ3) is 3.11. The van der Waals surface area contributed by atoms with E-state index in [0.717, 1.165) is 13.0 Å². The van der Waals surface area contributed by atoms with Crippen LogP contribution in [0.15, 0.2) is 84.9 Å². The Hall–Kier alpha value is -2.42. The summed E-state index contributed by atoms with van der Waals surface area (Å²) in [5, 5.41) is 10.2. The second-order valence-electron chi connectivity index (χ2n) is 6.61. The van der Waals surface area contributed by atoms with Gasteiger partial charge in [0.05, 0.1) is 18.7 Å². The van der Waals surface area contributed by atoms with Gasteiger partial charge >= 0.3 is 0 Å². The summed E-state index contributed by atoms with van der Waals surface area (Å²) in [6.45, 7) is 1.06. The number of fused-ring (bicyclic) bond motifs is 1. The van der Waals surface area contributed by atoms with Crippen LogP contribution < -0.4 is 0 Å². The third-order valence-corrected chi connectivity index (χ3v) is 5.19. The number of rotatable bonds is 4. The number of aliphatic hydroxyl groups is 1. The van der Waals surface area contributed by atoms with Crippen LogP contribution in [0.5, 0.6) is 0 Å². The SMILES string of the molecule is OC[C@@H](c1ccccc1)N1CCc2ccccc2[C@@H]1c1ccccc1. The Morgan fingerprint density at radius 2 is 1.48 bits per heavy atom. The second kappa shape index (κ2) is 7.22. The smallest absolute Gasteiger partial charge is 0.0628 e. The number of hydrogen-bond acceptors (Lipinski definition) is 2. The van der Waals surface area contributed by atoms with Crippen LogP contribution in [0.25, 0.3) is 0 Å². The molecule has 3 aromatic rings. The van der Waals surface area contributed by atoms with E-state index in [1.807, 2.05) is 18.2 Å². The Morgan fingerprint density at radius 1 is 0.840 bits per heavy atom. The van der Waals surface area contributed by atoms with Crippen molar-refractivity contribution in [3.63, 3.8) is 0 Å². The van der Waals surface area contributed by atoms with Gasteiger partial charge in [0, 0.05) is 6.54 Å². The molecule has 0 aliphatic carbocycles. The van der Waals surface area contributed by atoms with Crippen LogP contribution in [-0.2, 0) is 6.42 Å². The molecule has 1 N–H and O–H groups in total. The molecule has 0 amide bonds. The van der Waals surface area contributed by atoms with Gasteiger partial charge in [-0.05, 0) is 28.7 Å². The highest BCUT2D eigenvalue weighted by Gasteiger charge is 2.33. The first-order valence-corrected chi connectivity index (χ1v) is 8.93. The van der Waals surface area contributed by atoms with Gasteiger partial charge < -0.3 is 5.11 Å². The zero-order valence-corrected chi connectivity index (χ0v) is 14.3. The van der Waals surface area contributed by atoms with Gasteiger partial charge in [-0.3, -0.25) is 4.90 Å². The molecule has 2 heteroatoms. The largest absolute Gasteiger partial charge is 0.394 e. The average Bonchev–Trinajstić information content (AvgIpc) is 2.70. The first-order chi connectivity index (χ1) is 12.4. The fraction of sp³-hybridized carbons (Fsp3) is 0.217. The molecule has 1 heterocycles. The van der Waals surface area contributed by atoms with Gasteiger partial charge in [0.25, 0.3) is 0 Å². The quantitative estimate of drug-likeness (QED) is 0.768. The fourth-order valence-corrected chi connectivity index (χ4v) is 4.01. The molecule has 25 heavy (non-hydrogen) atoms. The van der Waals surface area contributed by atoms with E-state index in [0.29, 0.717) is 0 Å². The summed E-state index contributed by atoms with van der Waals surface area (Å²) < 4.78 is 0. The zero-order valence-electron chi connectivity index (χ0n) is 14.3. The maximum atomic E-state index is 10.2. The Labute approximate surface area is 149 Å². The van der Waals surface area contributed by atoms with Gasteiger partial charge in [-0.15, -0.1) is 0 Å². The summed E-state index contributed by atoms with van der Waals surface area (Å²) in [5.74, 6) is 0. The van der Waals surface area contributed by atoms with Crippen LogP contribution >= 0.6 is 0 Å². The van der Waals surface area contributed by atoms with E-state index in [1.165, 1.54) is 22.3 Å². The predicted octanol–water partition coefficient (Wildman–Crippen LogP) is 4.37. The molecule has 0 unspecified atom stereocenters. The highest BCUT2D eigenvalue weighted by molar-refractivity contribution is 5.40. The summed E-state index contributed by atoms with van der Waals surface area (Å²) >= 11 is 0. The van der Waals surface area contributed by atoms with E-state index in [1.54, 1.807) is 0 Å². The number of nitrogens with zero attached hydrogens (tertiary/aromatic N) is 1. The highest BCUT2D eigenvalue weighted by atomic mass is 16.3. The van der Waals surface area contributed by atoms with Crippen LogP contribution in [0.4, 0.5) is 0 Å². The van der Waals surface area contributed by atoms with Crippen molar-refractivity contribution in [3.05, 3.63) is 107 Å². The Balaban J connectivity index is 1.81. The van der Waals surface area contributed by atoms with Crippen molar-refractivity contribution in [1.29, 1.82) is 0 Å². The predicted molar refractivity (Wildman–Crippen MR) is 101 cm³/mol. The molecular formula is C23H23NO. The third-order valence-electron chi connectivity index (χ3n) is 5.19. The molecule has 4 rings (SSSR count). The molecule has 1 aliphatic rings. The average molecular weight is 329 g/mol. The lowest BCUT2D eigenvalue weighted by Crippen LogP contribution is -2.40. The molecule has 0 aromatic heterocycles. The van der Waals surface area contributed by atoms with Crippen LogP contribution in [-0.4, -0.2) is 23.2 Å². The van der Waals surface area contributed by atoms with Crippen molar-refractivity contribution in [1.82, 2.24) is 4.90 Å². The fourth-order valence-electron chi connectivity index (χ4n) is 4.01. The lowest BCUT2D eigenvalue weighted by atomic mass is 9.86. The Kier molecular flexibility index (Phi) is 4.64. The highest BCUT2D eigenvalue weighted by Crippen LogP contribution is 2.40. The van der Waals surface area contributed by atoms with Crippen molar-refractivity contribution in [2.24, 2.45) is 0 Å². The summed E-state index contributed by atoms with van der Waals surface area (Å²) in [6.07, 6.45) is 1.02. The van der Waals surface area contributed by atoms with Gasteiger partial charge in [-0.1, -0.05) is 84.9 Å². The molecule has 0 fully saturated rings. The number of aliphatic hydroxyl groups excluding tert-OH is 1. The Morgan fingerprint density at radius 3 is 2.20 bits per heavy atom. The zero-order chi connectivity index (χ0) is 17.1. The van der Waals surface area contributed by atoms with E-state index in [9.17, 15) is 5.11 Å². The van der Waals surface area contributed by atoms with E-state index < -0.39 is 0 Å². The summed E-state index contributed by atoms with van der Waals surface area (Å²) in [4.78, 5) is 2.45. The molecule has 0 bridgehead atoms. The van der Waals surface area contributed by atoms with Crippen molar-refractivity contribution in [3.8, 4) is 0 Å². The van der Waals surface area contributed by atoms with E-state index in [2.05, 4.69) is 71.6 Å². The number of hydrogen-bond donors (Lipinski definition) is 1. The van der Waals surface area contributed by atoms with Gasteiger partial charge in [-0.2, -0.15) is 0 Å². The van der Waals surface area contributed by atoms with Gasteiger partial charge in [0.15, 0.2) is 0 Å². The monoisotopic (exact) mass is 329 g/mol. The van der Waals surface area contributed by atoms with Crippen LogP contribution in [0, 0.1) is 0 Å². The van der Waals surface area contributed by atoms with Gasteiger partial charge in [0.2, 0.25) is 0 Å². The molecule has 0 saturated carbocycles. The second-order valence-corrected chi connectivity index (χ2v) is 6.61. The first-order valence-electron chi connectivity index (χ1n) is 8.93. The molecule has 0 saturated heterocycles. The minimum atomic E-state index is -0.000220. The minimum Gasteiger partial charge on any atom is -0.394 e. The standard InChI is InChI=1S/C23H23NO/c25-17-22(19-10-3-1-4-11-19)24-16-15-18-9-7-8-14-21(18)23(24)20-12-5-2-6-13-20/h1-14,22-23,25H,15-17H2/t22-,23-/m0/s1.